The van der Waals surface area contributed by atoms with Gasteiger partial charge < -0.3 is 4.74 Å². The van der Waals surface area contributed by atoms with Gasteiger partial charge in [0.15, 0.2) is 11.6 Å². The number of amides is 1. The van der Waals surface area contributed by atoms with Gasteiger partial charge in [-0.2, -0.15) is 0 Å². The SMILES string of the molecule is CC(C)(C)OC(=O)N1C=C[C@H](c2cc(F)c(F)cc2F)[C@@H]([N+](=O)[O-])C1. The highest BCUT2D eigenvalue weighted by Gasteiger charge is 2.39. The molecule has 1 amide bonds. The van der Waals surface area contributed by atoms with E-state index < -0.39 is 46.0 Å². The third-order valence-electron chi connectivity index (χ3n) is 3.57. The molecule has 0 spiro atoms. The average molecular weight is 358 g/mol. The van der Waals surface area contributed by atoms with Gasteiger partial charge in [0.2, 0.25) is 6.04 Å². The van der Waals surface area contributed by atoms with Gasteiger partial charge >= 0.3 is 6.09 Å². The summed E-state index contributed by atoms with van der Waals surface area (Å²) in [6, 6.07) is -0.494. The van der Waals surface area contributed by atoms with Crippen LogP contribution in [-0.4, -0.2) is 34.1 Å². The summed E-state index contributed by atoms with van der Waals surface area (Å²) < 4.78 is 45.6. The molecule has 0 saturated heterocycles. The summed E-state index contributed by atoms with van der Waals surface area (Å²) >= 11 is 0. The van der Waals surface area contributed by atoms with Crippen LogP contribution in [0.5, 0.6) is 0 Å². The van der Waals surface area contributed by atoms with E-state index in [0.29, 0.717) is 12.1 Å². The van der Waals surface area contributed by atoms with E-state index >= 15 is 0 Å². The Kier molecular flexibility index (Phi) is 5.05. The number of hydrogen-bond acceptors (Lipinski definition) is 4. The predicted octanol–water partition coefficient (Wildman–Crippen LogP) is 3.60. The van der Waals surface area contributed by atoms with Crippen LogP contribution >= 0.6 is 0 Å². The van der Waals surface area contributed by atoms with Crippen LogP contribution in [0.4, 0.5) is 18.0 Å². The van der Waals surface area contributed by atoms with E-state index in [-0.39, 0.29) is 12.1 Å². The zero-order valence-electron chi connectivity index (χ0n) is 13.8. The van der Waals surface area contributed by atoms with Crippen LogP contribution in [-0.2, 0) is 4.74 Å². The van der Waals surface area contributed by atoms with E-state index in [9.17, 15) is 28.1 Å². The molecule has 1 aromatic carbocycles. The minimum atomic E-state index is -1.43. The third kappa shape index (κ3) is 4.28. The summed E-state index contributed by atoms with van der Waals surface area (Å²) in [6.07, 6.45) is 1.63. The zero-order valence-corrected chi connectivity index (χ0v) is 13.8. The molecular formula is C16H17F3N2O4. The van der Waals surface area contributed by atoms with Gasteiger partial charge in [0.1, 0.15) is 11.4 Å². The molecule has 25 heavy (non-hydrogen) atoms. The van der Waals surface area contributed by atoms with Gasteiger partial charge in [-0.1, -0.05) is 6.08 Å². The Bertz CT molecular complexity index is 731. The number of halogens is 3. The summed E-state index contributed by atoms with van der Waals surface area (Å²) in [5, 5.41) is 11.4. The van der Waals surface area contributed by atoms with E-state index in [1.54, 1.807) is 20.8 Å². The van der Waals surface area contributed by atoms with Crippen LogP contribution in [0.2, 0.25) is 0 Å². The molecule has 0 fully saturated rings. The fourth-order valence-corrected chi connectivity index (χ4v) is 2.46. The molecule has 2 atom stereocenters. The molecule has 0 saturated carbocycles. The highest BCUT2D eigenvalue weighted by molar-refractivity contribution is 5.69. The third-order valence-corrected chi connectivity index (χ3v) is 3.57. The molecule has 1 aliphatic rings. The lowest BCUT2D eigenvalue weighted by molar-refractivity contribution is -0.525. The van der Waals surface area contributed by atoms with Gasteiger partial charge in [-0.3, -0.25) is 15.0 Å². The van der Waals surface area contributed by atoms with Crippen molar-refractivity contribution in [1.82, 2.24) is 4.90 Å². The number of ether oxygens (including phenoxy) is 1. The first kappa shape index (κ1) is 18.8. The van der Waals surface area contributed by atoms with Crippen molar-refractivity contribution in [3.63, 3.8) is 0 Å². The first-order chi connectivity index (χ1) is 11.5. The maximum Gasteiger partial charge on any atom is 0.414 e. The molecule has 9 heteroatoms. The molecule has 6 nitrogen and oxygen atoms in total. The summed E-state index contributed by atoms with van der Waals surface area (Å²) in [4.78, 5) is 23.7. The standard InChI is InChI=1S/C16H17F3N2O4/c1-16(2,3)25-15(22)20-5-4-9(14(8-20)21(23)24)10-6-12(18)13(19)7-11(10)17/h4-7,9,14H,8H2,1-3H3/t9-,14+/m1/s1. The molecule has 0 bridgehead atoms. The number of nitro groups is 1. The average Bonchev–Trinajstić information content (AvgIpc) is 2.48. The van der Waals surface area contributed by atoms with Crippen LogP contribution in [0.3, 0.4) is 0 Å². The topological polar surface area (TPSA) is 72.7 Å². The van der Waals surface area contributed by atoms with E-state index in [2.05, 4.69) is 0 Å². The van der Waals surface area contributed by atoms with Gasteiger partial charge in [-0.15, -0.1) is 0 Å². The second-order valence-electron chi connectivity index (χ2n) is 6.64. The van der Waals surface area contributed by atoms with Gasteiger partial charge in [-0.05, 0) is 26.8 Å². The molecule has 0 aromatic heterocycles. The zero-order chi connectivity index (χ0) is 18.9. The smallest absolute Gasteiger partial charge is 0.414 e. The number of carbonyl (C=O) groups excluding carboxylic acids is 1. The Hall–Kier alpha value is -2.58. The molecule has 0 unspecified atom stereocenters. The van der Waals surface area contributed by atoms with Crippen molar-refractivity contribution < 1.29 is 27.6 Å². The van der Waals surface area contributed by atoms with Crippen LogP contribution in [0.1, 0.15) is 32.3 Å². The number of carbonyl (C=O) groups is 1. The summed E-state index contributed by atoms with van der Waals surface area (Å²) in [6.45, 7) is 4.54. The van der Waals surface area contributed by atoms with Crippen molar-refractivity contribution in [1.29, 1.82) is 0 Å². The van der Waals surface area contributed by atoms with E-state index in [1.165, 1.54) is 12.3 Å². The van der Waals surface area contributed by atoms with Crippen molar-refractivity contribution >= 4 is 6.09 Å². The second-order valence-corrected chi connectivity index (χ2v) is 6.64. The fraction of sp³-hybridized carbons (Fsp3) is 0.438. The van der Waals surface area contributed by atoms with E-state index in [4.69, 9.17) is 4.74 Å². The normalized spacial score (nSPS) is 20.5. The Balaban J connectivity index is 2.34. The lowest BCUT2D eigenvalue weighted by atomic mass is 9.89. The Morgan fingerprint density at radius 3 is 2.40 bits per heavy atom. The van der Waals surface area contributed by atoms with Gasteiger partial charge in [0, 0.05) is 22.8 Å². The second kappa shape index (κ2) is 6.73. The summed E-state index contributed by atoms with van der Waals surface area (Å²) in [5.74, 6) is -4.93. The Labute approximate surface area is 142 Å². The first-order valence-corrected chi connectivity index (χ1v) is 7.45. The van der Waals surface area contributed by atoms with Crippen molar-refractivity contribution in [2.45, 2.75) is 38.3 Å². The molecule has 1 heterocycles. The Morgan fingerprint density at radius 1 is 1.24 bits per heavy atom. The van der Waals surface area contributed by atoms with E-state index in [1.807, 2.05) is 0 Å². The summed E-state index contributed by atoms with van der Waals surface area (Å²) in [7, 11) is 0. The van der Waals surface area contributed by atoms with Crippen LogP contribution in [0.15, 0.2) is 24.4 Å². The van der Waals surface area contributed by atoms with Crippen LogP contribution in [0, 0.1) is 27.6 Å². The molecule has 0 aliphatic carbocycles. The number of hydrogen-bond donors (Lipinski definition) is 0. The van der Waals surface area contributed by atoms with Crippen molar-refractivity contribution in [3.8, 4) is 0 Å². The quantitative estimate of drug-likeness (QED) is 0.460. The highest BCUT2D eigenvalue weighted by Crippen LogP contribution is 2.31. The number of benzene rings is 1. The Morgan fingerprint density at radius 2 is 1.84 bits per heavy atom. The van der Waals surface area contributed by atoms with E-state index in [0.717, 1.165) is 4.90 Å². The monoisotopic (exact) mass is 358 g/mol. The van der Waals surface area contributed by atoms with Crippen molar-refractivity contribution in [2.24, 2.45) is 0 Å². The lowest BCUT2D eigenvalue weighted by Gasteiger charge is -2.31. The van der Waals surface area contributed by atoms with Crippen LogP contribution < -0.4 is 0 Å². The van der Waals surface area contributed by atoms with Gasteiger partial charge in [0.25, 0.3) is 0 Å². The minimum Gasteiger partial charge on any atom is -0.443 e. The number of nitrogens with zero attached hydrogens (tertiary/aromatic N) is 2. The number of rotatable bonds is 2. The lowest BCUT2D eigenvalue weighted by Crippen LogP contribution is -2.45. The molecule has 2 rings (SSSR count). The van der Waals surface area contributed by atoms with Crippen LogP contribution in [0.25, 0.3) is 0 Å². The fourth-order valence-electron chi connectivity index (χ4n) is 2.46. The predicted molar refractivity (Wildman–Crippen MR) is 81.9 cm³/mol. The molecule has 136 valence electrons. The molecule has 1 aliphatic heterocycles. The largest absolute Gasteiger partial charge is 0.443 e. The molecule has 0 radical (unpaired) electrons. The maximum absolute atomic E-state index is 14.0. The molecule has 0 N–H and O–H groups in total. The molecule has 1 aromatic rings. The minimum absolute atomic E-state index is 0.343. The molecular weight excluding hydrogens is 341 g/mol. The maximum atomic E-state index is 14.0. The highest BCUT2D eigenvalue weighted by atomic mass is 19.2. The van der Waals surface area contributed by atoms with Gasteiger partial charge in [-0.25, -0.2) is 18.0 Å². The van der Waals surface area contributed by atoms with Crippen molar-refractivity contribution in [2.75, 3.05) is 6.54 Å². The first-order valence-electron chi connectivity index (χ1n) is 7.45. The summed E-state index contributed by atoms with van der Waals surface area (Å²) in [5.41, 5.74) is -1.14. The van der Waals surface area contributed by atoms with Gasteiger partial charge in [0.05, 0.1) is 12.5 Å². The van der Waals surface area contributed by atoms with Crippen molar-refractivity contribution in [3.05, 3.63) is 57.5 Å².